The van der Waals surface area contributed by atoms with Gasteiger partial charge in [0, 0.05) is 19.1 Å². The van der Waals surface area contributed by atoms with Gasteiger partial charge in [-0.05, 0) is 51.3 Å². The zero-order chi connectivity index (χ0) is 13.7. The molecule has 0 bridgehead atoms. The SMILES string of the molecule is CCCNC(CN(C)CC1CC1)c1ccc(C)cc1. The minimum atomic E-state index is 0.462. The summed E-state index contributed by atoms with van der Waals surface area (Å²) in [6.07, 6.45) is 4.05. The van der Waals surface area contributed by atoms with E-state index in [0.29, 0.717) is 6.04 Å². The number of hydrogen-bond acceptors (Lipinski definition) is 2. The van der Waals surface area contributed by atoms with E-state index >= 15 is 0 Å². The summed E-state index contributed by atoms with van der Waals surface area (Å²) in [6, 6.07) is 9.44. The first-order valence-corrected chi connectivity index (χ1v) is 7.67. The molecule has 1 aliphatic rings. The zero-order valence-corrected chi connectivity index (χ0v) is 12.7. The summed E-state index contributed by atoms with van der Waals surface area (Å²) in [5.74, 6) is 0.967. The molecule has 1 aliphatic carbocycles. The van der Waals surface area contributed by atoms with Gasteiger partial charge in [0.25, 0.3) is 0 Å². The van der Waals surface area contributed by atoms with Crippen LogP contribution >= 0.6 is 0 Å². The van der Waals surface area contributed by atoms with Gasteiger partial charge in [-0.1, -0.05) is 36.8 Å². The molecule has 1 aromatic rings. The van der Waals surface area contributed by atoms with Gasteiger partial charge in [0.05, 0.1) is 0 Å². The molecule has 0 aromatic heterocycles. The number of likely N-dealkylation sites (N-methyl/N-ethyl adjacent to an activating group) is 1. The van der Waals surface area contributed by atoms with Crippen molar-refractivity contribution in [2.75, 3.05) is 26.7 Å². The second-order valence-electron chi connectivity index (χ2n) is 6.08. The van der Waals surface area contributed by atoms with Crippen molar-refractivity contribution in [1.29, 1.82) is 0 Å². The Labute approximate surface area is 118 Å². The van der Waals surface area contributed by atoms with Gasteiger partial charge < -0.3 is 10.2 Å². The highest BCUT2D eigenvalue weighted by atomic mass is 15.1. The lowest BCUT2D eigenvalue weighted by atomic mass is 10.0. The number of benzene rings is 1. The van der Waals surface area contributed by atoms with Crippen molar-refractivity contribution in [2.24, 2.45) is 5.92 Å². The number of nitrogens with zero attached hydrogens (tertiary/aromatic N) is 1. The second-order valence-corrected chi connectivity index (χ2v) is 6.08. The molecule has 1 atom stereocenters. The quantitative estimate of drug-likeness (QED) is 0.771. The Bertz CT molecular complexity index is 367. The molecule has 2 rings (SSSR count). The average Bonchev–Trinajstić information content (AvgIpc) is 3.19. The molecule has 2 heteroatoms. The van der Waals surface area contributed by atoms with Crippen molar-refractivity contribution in [2.45, 2.75) is 39.2 Å². The van der Waals surface area contributed by atoms with Crippen LogP contribution < -0.4 is 5.32 Å². The van der Waals surface area contributed by atoms with E-state index in [0.717, 1.165) is 19.0 Å². The molecule has 0 heterocycles. The minimum Gasteiger partial charge on any atom is -0.309 e. The molecular formula is C17H28N2. The van der Waals surface area contributed by atoms with Crippen molar-refractivity contribution in [1.82, 2.24) is 10.2 Å². The van der Waals surface area contributed by atoms with Crippen LogP contribution in [0.2, 0.25) is 0 Å². The molecular weight excluding hydrogens is 232 g/mol. The van der Waals surface area contributed by atoms with Crippen molar-refractivity contribution in [3.63, 3.8) is 0 Å². The second kappa shape index (κ2) is 7.06. The summed E-state index contributed by atoms with van der Waals surface area (Å²) in [6.45, 7) is 7.84. The summed E-state index contributed by atoms with van der Waals surface area (Å²) >= 11 is 0. The fourth-order valence-electron chi connectivity index (χ4n) is 2.53. The van der Waals surface area contributed by atoms with Crippen molar-refractivity contribution < 1.29 is 0 Å². The topological polar surface area (TPSA) is 15.3 Å². The summed E-state index contributed by atoms with van der Waals surface area (Å²) < 4.78 is 0. The van der Waals surface area contributed by atoms with E-state index in [1.165, 1.54) is 36.9 Å². The largest absolute Gasteiger partial charge is 0.309 e. The minimum absolute atomic E-state index is 0.462. The molecule has 0 radical (unpaired) electrons. The Balaban J connectivity index is 1.94. The third-order valence-electron chi connectivity index (χ3n) is 3.88. The van der Waals surface area contributed by atoms with E-state index in [4.69, 9.17) is 0 Å². The van der Waals surface area contributed by atoms with Crippen LogP contribution in [0.4, 0.5) is 0 Å². The highest BCUT2D eigenvalue weighted by Crippen LogP contribution is 2.29. The predicted octanol–water partition coefficient (Wildman–Crippen LogP) is 3.38. The van der Waals surface area contributed by atoms with E-state index in [9.17, 15) is 0 Å². The van der Waals surface area contributed by atoms with Gasteiger partial charge in [-0.15, -0.1) is 0 Å². The predicted molar refractivity (Wildman–Crippen MR) is 82.4 cm³/mol. The molecule has 1 N–H and O–H groups in total. The summed E-state index contributed by atoms with van der Waals surface area (Å²) in [5, 5.41) is 3.69. The molecule has 2 nitrogen and oxygen atoms in total. The van der Waals surface area contributed by atoms with Gasteiger partial charge in [0.1, 0.15) is 0 Å². The standard InChI is InChI=1S/C17H28N2/c1-4-11-18-17(13-19(3)12-15-7-8-15)16-9-5-14(2)6-10-16/h5-6,9-10,15,17-18H,4,7-8,11-13H2,1-3H3. The smallest absolute Gasteiger partial charge is 0.0449 e. The number of nitrogens with one attached hydrogen (secondary N) is 1. The molecule has 0 amide bonds. The maximum absolute atomic E-state index is 3.69. The van der Waals surface area contributed by atoms with Crippen molar-refractivity contribution in [3.8, 4) is 0 Å². The summed E-state index contributed by atoms with van der Waals surface area (Å²) in [7, 11) is 2.26. The fraction of sp³-hybridized carbons (Fsp3) is 0.647. The van der Waals surface area contributed by atoms with E-state index in [2.05, 4.69) is 55.4 Å². The summed E-state index contributed by atoms with van der Waals surface area (Å²) in [5.41, 5.74) is 2.76. The lowest BCUT2D eigenvalue weighted by Crippen LogP contribution is -2.34. The Hall–Kier alpha value is -0.860. The van der Waals surface area contributed by atoms with Crippen LogP contribution in [0, 0.1) is 12.8 Å². The Morgan fingerprint density at radius 3 is 2.53 bits per heavy atom. The Kier molecular flexibility index (Phi) is 5.41. The van der Waals surface area contributed by atoms with Crippen molar-refractivity contribution in [3.05, 3.63) is 35.4 Å². The monoisotopic (exact) mass is 260 g/mol. The van der Waals surface area contributed by atoms with Gasteiger partial charge in [-0.2, -0.15) is 0 Å². The van der Waals surface area contributed by atoms with Crippen LogP contribution in [0.5, 0.6) is 0 Å². The van der Waals surface area contributed by atoms with Crippen LogP contribution in [0.3, 0.4) is 0 Å². The van der Waals surface area contributed by atoms with Crippen LogP contribution in [0.25, 0.3) is 0 Å². The Morgan fingerprint density at radius 2 is 1.95 bits per heavy atom. The van der Waals surface area contributed by atoms with Gasteiger partial charge in [-0.3, -0.25) is 0 Å². The van der Waals surface area contributed by atoms with Crippen LogP contribution in [-0.4, -0.2) is 31.6 Å². The fourth-order valence-corrected chi connectivity index (χ4v) is 2.53. The molecule has 1 unspecified atom stereocenters. The van der Waals surface area contributed by atoms with E-state index < -0.39 is 0 Å². The van der Waals surface area contributed by atoms with Crippen LogP contribution in [0.15, 0.2) is 24.3 Å². The lowest BCUT2D eigenvalue weighted by Gasteiger charge is -2.25. The summed E-state index contributed by atoms with van der Waals surface area (Å²) in [4.78, 5) is 2.49. The number of aryl methyl sites for hydroxylation is 1. The first-order valence-electron chi connectivity index (χ1n) is 7.67. The lowest BCUT2D eigenvalue weighted by molar-refractivity contribution is 0.280. The zero-order valence-electron chi connectivity index (χ0n) is 12.7. The average molecular weight is 260 g/mol. The molecule has 19 heavy (non-hydrogen) atoms. The first-order chi connectivity index (χ1) is 9.19. The van der Waals surface area contributed by atoms with Crippen molar-refractivity contribution >= 4 is 0 Å². The maximum atomic E-state index is 3.69. The normalized spacial score (nSPS) is 16.8. The number of rotatable bonds is 8. The maximum Gasteiger partial charge on any atom is 0.0449 e. The molecule has 1 aromatic carbocycles. The van der Waals surface area contributed by atoms with E-state index in [-0.39, 0.29) is 0 Å². The molecule has 0 aliphatic heterocycles. The number of hydrogen-bond donors (Lipinski definition) is 1. The highest BCUT2D eigenvalue weighted by molar-refractivity contribution is 5.24. The van der Waals surface area contributed by atoms with Gasteiger partial charge in [0.2, 0.25) is 0 Å². The molecule has 106 valence electrons. The first kappa shape index (κ1) is 14.5. The van der Waals surface area contributed by atoms with Crippen LogP contribution in [-0.2, 0) is 0 Å². The van der Waals surface area contributed by atoms with E-state index in [1.807, 2.05) is 0 Å². The van der Waals surface area contributed by atoms with E-state index in [1.54, 1.807) is 0 Å². The van der Waals surface area contributed by atoms with Gasteiger partial charge >= 0.3 is 0 Å². The molecule has 0 saturated heterocycles. The van der Waals surface area contributed by atoms with Gasteiger partial charge in [-0.25, -0.2) is 0 Å². The third kappa shape index (κ3) is 4.96. The molecule has 0 spiro atoms. The van der Waals surface area contributed by atoms with Gasteiger partial charge in [0.15, 0.2) is 0 Å². The molecule has 1 saturated carbocycles. The molecule has 1 fully saturated rings. The third-order valence-corrected chi connectivity index (χ3v) is 3.88. The van der Waals surface area contributed by atoms with Crippen LogP contribution in [0.1, 0.15) is 43.4 Å². The highest BCUT2D eigenvalue weighted by Gasteiger charge is 2.24. The Morgan fingerprint density at radius 1 is 1.26 bits per heavy atom.